The average Bonchev–Trinajstić information content (AvgIpc) is 3.29. The summed E-state index contributed by atoms with van der Waals surface area (Å²) in [4.78, 5) is 12.5. The van der Waals surface area contributed by atoms with Crippen LogP contribution in [0.15, 0.2) is 71.9 Å². The minimum atomic E-state index is -0.548. The first-order chi connectivity index (χ1) is 16.5. The van der Waals surface area contributed by atoms with Gasteiger partial charge in [-0.15, -0.1) is 10.2 Å². The molecular formula is C24H20ClFN4O3S. The molecule has 0 aliphatic heterocycles. The van der Waals surface area contributed by atoms with E-state index in [4.69, 9.17) is 21.1 Å². The first-order valence-corrected chi connectivity index (χ1v) is 11.5. The molecular weight excluding hydrogens is 479 g/mol. The van der Waals surface area contributed by atoms with E-state index in [1.165, 1.54) is 30.0 Å². The molecule has 0 aliphatic rings. The van der Waals surface area contributed by atoms with Crippen LogP contribution in [0.25, 0.3) is 17.1 Å². The second kappa shape index (κ2) is 10.6. The molecule has 0 radical (unpaired) electrons. The summed E-state index contributed by atoms with van der Waals surface area (Å²) in [6, 6.07) is 18.9. The van der Waals surface area contributed by atoms with E-state index in [0.29, 0.717) is 16.7 Å². The van der Waals surface area contributed by atoms with E-state index in [9.17, 15) is 9.18 Å². The molecule has 174 valence electrons. The predicted octanol–water partition coefficient (Wildman–Crippen LogP) is 5.47. The Labute approximate surface area is 204 Å². The van der Waals surface area contributed by atoms with Gasteiger partial charge in [0, 0.05) is 16.9 Å². The predicted molar refractivity (Wildman–Crippen MR) is 131 cm³/mol. The summed E-state index contributed by atoms with van der Waals surface area (Å²) in [5.74, 6) is 1.28. The summed E-state index contributed by atoms with van der Waals surface area (Å²) in [5.41, 5.74) is 2.05. The van der Waals surface area contributed by atoms with Crippen LogP contribution in [0.3, 0.4) is 0 Å². The molecule has 10 heteroatoms. The number of ether oxygens (including phenoxy) is 2. The average molecular weight is 499 g/mol. The zero-order valence-corrected chi connectivity index (χ0v) is 19.9. The number of aromatic nitrogens is 3. The van der Waals surface area contributed by atoms with Crippen LogP contribution >= 0.6 is 23.4 Å². The molecule has 1 aromatic heterocycles. The highest BCUT2D eigenvalue weighted by atomic mass is 35.5. The number of methoxy groups -OCH3 is 2. The Bertz CT molecular complexity index is 1300. The molecule has 0 saturated heterocycles. The highest BCUT2D eigenvalue weighted by Gasteiger charge is 2.18. The largest absolute Gasteiger partial charge is 0.497 e. The first-order valence-electron chi connectivity index (χ1n) is 10.1. The van der Waals surface area contributed by atoms with Crippen molar-refractivity contribution in [3.63, 3.8) is 0 Å². The fourth-order valence-corrected chi connectivity index (χ4v) is 4.09. The number of nitrogens with one attached hydrogen (secondary N) is 1. The van der Waals surface area contributed by atoms with E-state index in [1.54, 1.807) is 14.2 Å². The number of rotatable bonds is 8. The molecule has 0 saturated carbocycles. The third-order valence-electron chi connectivity index (χ3n) is 4.85. The van der Waals surface area contributed by atoms with Gasteiger partial charge < -0.3 is 14.8 Å². The van der Waals surface area contributed by atoms with Crippen molar-refractivity contribution in [2.75, 3.05) is 25.3 Å². The highest BCUT2D eigenvalue weighted by Crippen LogP contribution is 2.30. The van der Waals surface area contributed by atoms with Gasteiger partial charge in [-0.2, -0.15) is 0 Å². The van der Waals surface area contributed by atoms with Gasteiger partial charge in [-0.05, 0) is 66.7 Å². The lowest BCUT2D eigenvalue weighted by Crippen LogP contribution is -2.14. The van der Waals surface area contributed by atoms with Gasteiger partial charge in [-0.25, -0.2) is 4.39 Å². The van der Waals surface area contributed by atoms with Gasteiger partial charge in [0.1, 0.15) is 17.3 Å². The van der Waals surface area contributed by atoms with Gasteiger partial charge in [0.15, 0.2) is 11.0 Å². The van der Waals surface area contributed by atoms with Gasteiger partial charge in [-0.1, -0.05) is 23.4 Å². The van der Waals surface area contributed by atoms with Crippen LogP contribution in [0.2, 0.25) is 5.02 Å². The Morgan fingerprint density at radius 3 is 2.26 bits per heavy atom. The molecule has 1 N–H and O–H groups in total. The maximum Gasteiger partial charge on any atom is 0.234 e. The van der Waals surface area contributed by atoms with E-state index in [2.05, 4.69) is 15.5 Å². The Kier molecular flexibility index (Phi) is 7.34. The number of halogens is 2. The minimum absolute atomic E-state index is 0.0613. The topological polar surface area (TPSA) is 78.3 Å². The van der Waals surface area contributed by atoms with Crippen molar-refractivity contribution in [3.05, 3.63) is 77.6 Å². The van der Waals surface area contributed by atoms with Crippen LogP contribution in [0.1, 0.15) is 0 Å². The van der Waals surface area contributed by atoms with E-state index >= 15 is 0 Å². The molecule has 0 atom stereocenters. The number of thioether (sulfide) groups is 1. The summed E-state index contributed by atoms with van der Waals surface area (Å²) in [6.07, 6.45) is 0. The lowest BCUT2D eigenvalue weighted by atomic mass is 10.2. The van der Waals surface area contributed by atoms with E-state index in [0.717, 1.165) is 22.7 Å². The standard InChI is InChI=1S/C24H20ClFN4O3S/c1-32-18-8-3-15(4-9-18)23-28-29-24(30(23)17-6-10-19(33-2)11-7-17)34-14-22(31)27-16-5-12-21(26)20(25)13-16/h3-13H,14H2,1-2H3,(H,27,31). The van der Waals surface area contributed by atoms with Crippen LogP contribution in [0.5, 0.6) is 11.5 Å². The molecule has 3 aromatic carbocycles. The van der Waals surface area contributed by atoms with Gasteiger partial charge in [0.2, 0.25) is 5.91 Å². The zero-order chi connectivity index (χ0) is 24.1. The fourth-order valence-electron chi connectivity index (χ4n) is 3.16. The number of nitrogens with zero attached hydrogens (tertiary/aromatic N) is 3. The van der Waals surface area contributed by atoms with E-state index in [-0.39, 0.29) is 16.7 Å². The van der Waals surface area contributed by atoms with Crippen molar-refractivity contribution < 1.29 is 18.7 Å². The molecule has 4 rings (SSSR count). The van der Waals surface area contributed by atoms with Crippen LogP contribution in [0, 0.1) is 5.82 Å². The Morgan fingerprint density at radius 1 is 1.00 bits per heavy atom. The van der Waals surface area contributed by atoms with Crippen LogP contribution in [0.4, 0.5) is 10.1 Å². The minimum Gasteiger partial charge on any atom is -0.497 e. The molecule has 1 amide bonds. The van der Waals surface area contributed by atoms with Crippen molar-refractivity contribution in [1.29, 1.82) is 0 Å². The third-order valence-corrected chi connectivity index (χ3v) is 6.07. The Hall–Kier alpha value is -3.56. The summed E-state index contributed by atoms with van der Waals surface area (Å²) in [7, 11) is 3.21. The third kappa shape index (κ3) is 5.32. The van der Waals surface area contributed by atoms with E-state index in [1.807, 2.05) is 53.1 Å². The Balaban J connectivity index is 1.60. The number of hydrogen-bond acceptors (Lipinski definition) is 6. The summed E-state index contributed by atoms with van der Waals surface area (Å²) in [5, 5.41) is 11.9. The monoisotopic (exact) mass is 498 g/mol. The second-order valence-corrected chi connectivity index (χ2v) is 8.38. The number of hydrogen-bond donors (Lipinski definition) is 1. The molecule has 0 spiro atoms. The zero-order valence-electron chi connectivity index (χ0n) is 18.3. The van der Waals surface area contributed by atoms with Crippen LogP contribution in [-0.2, 0) is 4.79 Å². The van der Waals surface area contributed by atoms with E-state index < -0.39 is 5.82 Å². The van der Waals surface area contributed by atoms with Crippen molar-refractivity contribution >= 4 is 35.0 Å². The fraction of sp³-hybridized carbons (Fsp3) is 0.125. The van der Waals surface area contributed by atoms with Gasteiger partial charge >= 0.3 is 0 Å². The number of amides is 1. The maximum absolute atomic E-state index is 13.4. The number of carbonyl (C=O) groups is 1. The lowest BCUT2D eigenvalue weighted by Gasteiger charge is -2.12. The summed E-state index contributed by atoms with van der Waals surface area (Å²) >= 11 is 7.01. The van der Waals surface area contributed by atoms with Crippen LogP contribution in [-0.4, -0.2) is 40.6 Å². The smallest absolute Gasteiger partial charge is 0.234 e. The van der Waals surface area contributed by atoms with Gasteiger partial charge in [0.25, 0.3) is 0 Å². The quantitative estimate of drug-likeness (QED) is 0.324. The highest BCUT2D eigenvalue weighted by molar-refractivity contribution is 7.99. The Morgan fingerprint density at radius 2 is 1.65 bits per heavy atom. The lowest BCUT2D eigenvalue weighted by molar-refractivity contribution is -0.113. The second-order valence-electron chi connectivity index (χ2n) is 7.03. The normalized spacial score (nSPS) is 10.7. The van der Waals surface area contributed by atoms with Crippen molar-refractivity contribution in [2.45, 2.75) is 5.16 Å². The molecule has 0 fully saturated rings. The van der Waals surface area contributed by atoms with Gasteiger partial charge in [-0.3, -0.25) is 9.36 Å². The molecule has 0 aliphatic carbocycles. The summed E-state index contributed by atoms with van der Waals surface area (Å²) in [6.45, 7) is 0. The molecule has 0 bridgehead atoms. The van der Waals surface area contributed by atoms with Crippen molar-refractivity contribution in [1.82, 2.24) is 14.8 Å². The molecule has 0 unspecified atom stereocenters. The number of anilines is 1. The summed E-state index contributed by atoms with van der Waals surface area (Å²) < 4.78 is 25.7. The number of benzene rings is 3. The van der Waals surface area contributed by atoms with Gasteiger partial charge in [0.05, 0.1) is 25.0 Å². The number of carbonyl (C=O) groups excluding carboxylic acids is 1. The van der Waals surface area contributed by atoms with Crippen molar-refractivity contribution in [2.24, 2.45) is 0 Å². The molecule has 7 nitrogen and oxygen atoms in total. The molecule has 1 heterocycles. The molecule has 34 heavy (non-hydrogen) atoms. The SMILES string of the molecule is COc1ccc(-c2nnc(SCC(=O)Nc3ccc(F)c(Cl)c3)n2-c2ccc(OC)cc2)cc1. The van der Waals surface area contributed by atoms with Crippen molar-refractivity contribution in [3.8, 4) is 28.6 Å². The maximum atomic E-state index is 13.4. The first kappa shape index (κ1) is 23.6. The molecule has 4 aromatic rings. The van der Waals surface area contributed by atoms with Crippen LogP contribution < -0.4 is 14.8 Å².